The summed E-state index contributed by atoms with van der Waals surface area (Å²) in [5.74, 6) is -1.14. The van der Waals surface area contributed by atoms with E-state index in [-0.39, 0.29) is 34.7 Å². The van der Waals surface area contributed by atoms with Crippen molar-refractivity contribution >= 4 is 23.1 Å². The van der Waals surface area contributed by atoms with E-state index in [2.05, 4.69) is 0 Å². The first-order valence-corrected chi connectivity index (χ1v) is 6.80. The number of rotatable bonds is 5. The fraction of sp³-hybridized carbons (Fsp3) is 0.125. The molecule has 0 heterocycles. The summed E-state index contributed by atoms with van der Waals surface area (Å²) in [5, 5.41) is 10.9. The van der Waals surface area contributed by atoms with Crippen LogP contribution in [0.4, 0.5) is 11.4 Å². The molecular formula is C16H14N2O5. The number of nitrogens with two attached hydrogens (primary N) is 1. The zero-order chi connectivity index (χ0) is 17.0. The van der Waals surface area contributed by atoms with Crippen LogP contribution >= 0.6 is 0 Å². The molecule has 2 N–H and O–H groups in total. The Morgan fingerprint density at radius 1 is 1.17 bits per heavy atom. The number of nitrogens with zero attached hydrogens (tertiary/aromatic N) is 1. The summed E-state index contributed by atoms with van der Waals surface area (Å²) < 4.78 is 4.92. The smallest absolute Gasteiger partial charge is 0.338 e. The Morgan fingerprint density at radius 3 is 2.43 bits per heavy atom. The van der Waals surface area contributed by atoms with Crippen LogP contribution < -0.4 is 5.73 Å². The maximum atomic E-state index is 12.6. The quantitative estimate of drug-likeness (QED) is 0.298. The van der Waals surface area contributed by atoms with Gasteiger partial charge in [0.05, 0.1) is 17.1 Å². The van der Waals surface area contributed by atoms with E-state index in [1.807, 2.05) is 0 Å². The van der Waals surface area contributed by atoms with Crippen molar-refractivity contribution in [3.63, 3.8) is 0 Å². The van der Waals surface area contributed by atoms with E-state index in [0.717, 1.165) is 6.07 Å². The average molecular weight is 314 g/mol. The van der Waals surface area contributed by atoms with Gasteiger partial charge in [-0.3, -0.25) is 14.9 Å². The van der Waals surface area contributed by atoms with Crippen LogP contribution in [0, 0.1) is 10.1 Å². The molecule has 7 nitrogen and oxygen atoms in total. The zero-order valence-electron chi connectivity index (χ0n) is 12.3. The predicted molar refractivity (Wildman–Crippen MR) is 83.3 cm³/mol. The van der Waals surface area contributed by atoms with Crippen molar-refractivity contribution in [2.75, 3.05) is 12.3 Å². The Morgan fingerprint density at radius 2 is 1.83 bits per heavy atom. The predicted octanol–water partition coefficient (Wildman–Crippen LogP) is 2.58. The van der Waals surface area contributed by atoms with Gasteiger partial charge in [-0.05, 0) is 25.1 Å². The summed E-state index contributed by atoms with van der Waals surface area (Å²) in [6.45, 7) is 1.83. The molecule has 0 unspecified atom stereocenters. The highest BCUT2D eigenvalue weighted by molar-refractivity contribution is 6.14. The third-order valence-corrected chi connectivity index (χ3v) is 3.16. The van der Waals surface area contributed by atoms with Crippen LogP contribution in [0.15, 0.2) is 42.5 Å². The Kier molecular flexibility index (Phi) is 4.70. The summed E-state index contributed by atoms with van der Waals surface area (Å²) in [6, 6.07) is 9.91. The molecule has 2 aromatic rings. The number of hydrogen-bond donors (Lipinski definition) is 1. The third kappa shape index (κ3) is 3.34. The van der Waals surface area contributed by atoms with E-state index in [4.69, 9.17) is 10.5 Å². The molecule has 0 spiro atoms. The molecule has 0 bridgehead atoms. The summed E-state index contributed by atoms with van der Waals surface area (Å²) in [4.78, 5) is 34.8. The maximum absolute atomic E-state index is 12.6. The van der Waals surface area contributed by atoms with Crippen molar-refractivity contribution in [1.82, 2.24) is 0 Å². The van der Waals surface area contributed by atoms with Crippen molar-refractivity contribution in [2.24, 2.45) is 0 Å². The van der Waals surface area contributed by atoms with Crippen molar-refractivity contribution in [1.29, 1.82) is 0 Å². The minimum atomic E-state index is -0.663. The van der Waals surface area contributed by atoms with Gasteiger partial charge in [-0.1, -0.05) is 18.2 Å². The van der Waals surface area contributed by atoms with Crippen molar-refractivity contribution in [3.8, 4) is 0 Å². The second-order valence-electron chi connectivity index (χ2n) is 4.63. The number of ketones is 1. The Balaban J connectivity index is 2.48. The first-order chi connectivity index (χ1) is 11.0. The van der Waals surface area contributed by atoms with E-state index < -0.39 is 16.7 Å². The van der Waals surface area contributed by atoms with Gasteiger partial charge < -0.3 is 10.5 Å². The van der Waals surface area contributed by atoms with Crippen LogP contribution in [-0.2, 0) is 4.74 Å². The van der Waals surface area contributed by atoms with Crippen LogP contribution in [0.3, 0.4) is 0 Å². The normalized spacial score (nSPS) is 10.1. The highest BCUT2D eigenvalue weighted by Gasteiger charge is 2.21. The van der Waals surface area contributed by atoms with Gasteiger partial charge in [-0.25, -0.2) is 4.79 Å². The van der Waals surface area contributed by atoms with Crippen LogP contribution in [0.2, 0.25) is 0 Å². The van der Waals surface area contributed by atoms with Crippen molar-refractivity contribution < 1.29 is 19.2 Å². The monoisotopic (exact) mass is 314 g/mol. The van der Waals surface area contributed by atoms with Crippen molar-refractivity contribution in [3.05, 3.63) is 69.3 Å². The standard InChI is InChI=1S/C16H14N2O5/c1-2-23-16(20)12-6-4-3-5-11(12)15(19)10-7-8-13(17)14(9-10)18(21)22/h3-9H,2,17H2,1H3. The van der Waals surface area contributed by atoms with Gasteiger partial charge in [0.25, 0.3) is 5.69 Å². The molecular weight excluding hydrogens is 300 g/mol. The number of nitro groups is 1. The van der Waals surface area contributed by atoms with E-state index in [1.54, 1.807) is 19.1 Å². The SMILES string of the molecule is CCOC(=O)c1ccccc1C(=O)c1ccc(N)c([N+](=O)[O-])c1. The molecule has 0 atom stereocenters. The molecule has 0 aromatic heterocycles. The molecule has 118 valence electrons. The minimum absolute atomic E-state index is 0.0368. The molecule has 0 aliphatic heterocycles. The number of esters is 1. The van der Waals surface area contributed by atoms with Gasteiger partial charge in [0.1, 0.15) is 5.69 Å². The number of carbonyl (C=O) groups excluding carboxylic acids is 2. The van der Waals surface area contributed by atoms with Gasteiger partial charge in [-0.2, -0.15) is 0 Å². The fourth-order valence-electron chi connectivity index (χ4n) is 2.07. The minimum Gasteiger partial charge on any atom is -0.462 e. The molecule has 2 rings (SSSR count). The number of nitrogen functional groups attached to an aromatic ring is 1. The van der Waals surface area contributed by atoms with Crippen LogP contribution in [0.25, 0.3) is 0 Å². The van der Waals surface area contributed by atoms with Crippen LogP contribution in [0.5, 0.6) is 0 Å². The van der Waals surface area contributed by atoms with E-state index in [1.165, 1.54) is 24.3 Å². The lowest BCUT2D eigenvalue weighted by Crippen LogP contribution is -2.13. The largest absolute Gasteiger partial charge is 0.462 e. The Hall–Kier alpha value is -3.22. The molecule has 2 aromatic carbocycles. The van der Waals surface area contributed by atoms with E-state index in [0.29, 0.717) is 0 Å². The summed E-state index contributed by atoms with van der Waals surface area (Å²) in [6.07, 6.45) is 0. The lowest BCUT2D eigenvalue weighted by atomic mass is 9.98. The van der Waals surface area contributed by atoms with Gasteiger partial charge in [0, 0.05) is 17.2 Å². The zero-order valence-corrected chi connectivity index (χ0v) is 12.3. The summed E-state index contributed by atoms with van der Waals surface area (Å²) in [5.41, 5.74) is 5.42. The Bertz CT molecular complexity index is 786. The van der Waals surface area contributed by atoms with Gasteiger partial charge in [0.2, 0.25) is 0 Å². The second-order valence-corrected chi connectivity index (χ2v) is 4.63. The van der Waals surface area contributed by atoms with E-state index in [9.17, 15) is 19.7 Å². The second kappa shape index (κ2) is 6.69. The summed E-state index contributed by atoms with van der Waals surface area (Å²) in [7, 11) is 0. The number of ether oxygens (including phenoxy) is 1. The molecule has 0 amide bonds. The number of anilines is 1. The van der Waals surface area contributed by atoms with E-state index >= 15 is 0 Å². The molecule has 0 fully saturated rings. The maximum Gasteiger partial charge on any atom is 0.338 e. The molecule has 0 saturated carbocycles. The number of carbonyl (C=O) groups is 2. The molecule has 23 heavy (non-hydrogen) atoms. The molecule has 0 aliphatic rings. The average Bonchev–Trinajstić information content (AvgIpc) is 2.54. The van der Waals surface area contributed by atoms with Gasteiger partial charge in [0.15, 0.2) is 5.78 Å². The molecule has 0 radical (unpaired) electrons. The molecule has 0 aliphatic carbocycles. The van der Waals surface area contributed by atoms with Crippen LogP contribution in [-0.4, -0.2) is 23.3 Å². The number of nitro benzene ring substituents is 1. The first-order valence-electron chi connectivity index (χ1n) is 6.80. The summed E-state index contributed by atoms with van der Waals surface area (Å²) >= 11 is 0. The molecule has 0 saturated heterocycles. The van der Waals surface area contributed by atoms with Crippen molar-refractivity contribution in [2.45, 2.75) is 6.92 Å². The Labute approximate surface area is 131 Å². The van der Waals surface area contributed by atoms with Gasteiger partial charge in [-0.15, -0.1) is 0 Å². The topological polar surface area (TPSA) is 113 Å². The van der Waals surface area contributed by atoms with Gasteiger partial charge >= 0.3 is 5.97 Å². The lowest BCUT2D eigenvalue weighted by Gasteiger charge is -2.08. The first kappa shape index (κ1) is 16.2. The fourth-order valence-corrected chi connectivity index (χ4v) is 2.07. The highest BCUT2D eigenvalue weighted by Crippen LogP contribution is 2.24. The molecule has 7 heteroatoms. The lowest BCUT2D eigenvalue weighted by molar-refractivity contribution is -0.383. The number of benzene rings is 2. The number of hydrogen-bond acceptors (Lipinski definition) is 6. The highest BCUT2D eigenvalue weighted by atomic mass is 16.6. The third-order valence-electron chi connectivity index (χ3n) is 3.16. The van der Waals surface area contributed by atoms with Crippen LogP contribution in [0.1, 0.15) is 33.2 Å².